The Kier molecular flexibility index (Phi) is 4.25. The van der Waals surface area contributed by atoms with E-state index in [4.69, 9.17) is 4.74 Å². The molecule has 1 aliphatic heterocycles. The third-order valence-corrected chi connectivity index (χ3v) is 4.92. The summed E-state index contributed by atoms with van der Waals surface area (Å²) in [6.45, 7) is 6.92. The van der Waals surface area contributed by atoms with Gasteiger partial charge in [0.05, 0.1) is 6.61 Å². The first-order valence-electron chi connectivity index (χ1n) is 8.34. The lowest BCUT2D eigenvalue weighted by Crippen LogP contribution is -2.38. The number of carbonyl (C=O) groups is 1. The summed E-state index contributed by atoms with van der Waals surface area (Å²) >= 11 is 0. The van der Waals surface area contributed by atoms with Crippen molar-refractivity contribution >= 4 is 5.97 Å². The van der Waals surface area contributed by atoms with E-state index in [9.17, 15) is 4.79 Å². The lowest BCUT2D eigenvalue weighted by molar-refractivity contribution is -0.143. The number of rotatable bonds is 4. The first kappa shape index (κ1) is 15.8. The monoisotopic (exact) mass is 308 g/mol. The van der Waals surface area contributed by atoms with Gasteiger partial charge < -0.3 is 4.74 Å². The lowest BCUT2D eigenvalue weighted by Gasteiger charge is -2.34. The second-order valence-corrected chi connectivity index (χ2v) is 6.94. The quantitative estimate of drug-likeness (QED) is 0.770. The van der Waals surface area contributed by atoms with Gasteiger partial charge in [0.2, 0.25) is 0 Å². The minimum atomic E-state index is -0.582. The Morgan fingerprint density at radius 1 is 1.09 bits per heavy atom. The second kappa shape index (κ2) is 6.19. The van der Waals surface area contributed by atoms with E-state index in [1.165, 1.54) is 11.1 Å². The van der Waals surface area contributed by atoms with E-state index >= 15 is 0 Å². The molecule has 23 heavy (non-hydrogen) atoms. The number of hydrogen-bond donors (Lipinski definition) is 0. The van der Waals surface area contributed by atoms with Crippen molar-refractivity contribution in [1.82, 2.24) is 0 Å². The lowest BCUT2D eigenvalue weighted by atomic mass is 9.65. The predicted octanol–water partition coefficient (Wildman–Crippen LogP) is 4.62. The maximum Gasteiger partial charge on any atom is 0.317 e. The molecule has 120 valence electrons. The van der Waals surface area contributed by atoms with Gasteiger partial charge in [-0.25, -0.2) is 0 Å². The van der Waals surface area contributed by atoms with Crippen LogP contribution in [0.3, 0.4) is 0 Å². The number of aryl methyl sites for hydroxylation is 1. The molecule has 0 radical (unpaired) electrons. The van der Waals surface area contributed by atoms with Gasteiger partial charge >= 0.3 is 5.97 Å². The number of carbonyl (C=O) groups excluding carboxylic acids is 1. The Labute approximate surface area is 138 Å². The molecule has 2 unspecified atom stereocenters. The highest BCUT2D eigenvalue weighted by atomic mass is 16.5. The molecular formula is C21H24O2. The van der Waals surface area contributed by atoms with E-state index in [-0.39, 0.29) is 11.9 Å². The van der Waals surface area contributed by atoms with Crippen LogP contribution in [0.4, 0.5) is 0 Å². The van der Waals surface area contributed by atoms with Crippen LogP contribution in [0.5, 0.6) is 0 Å². The van der Waals surface area contributed by atoms with Crippen LogP contribution in [0.25, 0.3) is 0 Å². The van der Waals surface area contributed by atoms with Gasteiger partial charge in [-0.1, -0.05) is 68.4 Å². The molecule has 3 rings (SSSR count). The smallest absolute Gasteiger partial charge is 0.317 e. The van der Waals surface area contributed by atoms with Crippen molar-refractivity contribution in [2.75, 3.05) is 6.61 Å². The number of cyclic esters (lactones) is 1. The van der Waals surface area contributed by atoms with Crippen LogP contribution in [-0.4, -0.2) is 12.6 Å². The topological polar surface area (TPSA) is 26.3 Å². The molecule has 2 heteroatoms. The molecule has 0 N–H and O–H groups in total. The van der Waals surface area contributed by atoms with Crippen molar-refractivity contribution in [2.24, 2.45) is 5.92 Å². The van der Waals surface area contributed by atoms with Crippen molar-refractivity contribution < 1.29 is 9.53 Å². The number of ether oxygens (including phenoxy) is 1. The van der Waals surface area contributed by atoms with Crippen molar-refractivity contribution in [3.05, 3.63) is 71.3 Å². The highest BCUT2D eigenvalue weighted by molar-refractivity contribution is 5.87. The Bertz CT molecular complexity index is 690. The maximum atomic E-state index is 12.9. The molecular weight excluding hydrogens is 284 g/mol. The molecule has 2 aromatic carbocycles. The molecule has 1 aliphatic rings. The molecule has 0 saturated carbocycles. The average Bonchev–Trinajstić information content (AvgIpc) is 2.86. The van der Waals surface area contributed by atoms with E-state index < -0.39 is 5.41 Å². The van der Waals surface area contributed by atoms with E-state index in [2.05, 4.69) is 51.1 Å². The van der Waals surface area contributed by atoms with Crippen molar-refractivity contribution in [3.8, 4) is 0 Å². The number of benzene rings is 2. The molecule has 1 fully saturated rings. The Hall–Kier alpha value is -2.09. The highest BCUT2D eigenvalue weighted by Gasteiger charge is 2.54. The number of esters is 1. The largest absolute Gasteiger partial charge is 0.464 e. The first-order chi connectivity index (χ1) is 11.1. The van der Waals surface area contributed by atoms with E-state index in [1.54, 1.807) is 0 Å². The molecule has 0 amide bonds. The number of hydrogen-bond acceptors (Lipinski definition) is 2. The normalized spacial score (nSPS) is 24.0. The average molecular weight is 308 g/mol. The van der Waals surface area contributed by atoms with Crippen molar-refractivity contribution in [3.63, 3.8) is 0 Å². The van der Waals surface area contributed by atoms with Crippen LogP contribution in [0.2, 0.25) is 0 Å². The Balaban J connectivity index is 2.18. The van der Waals surface area contributed by atoms with Gasteiger partial charge in [0, 0.05) is 5.92 Å². The fourth-order valence-electron chi connectivity index (χ4n) is 3.95. The third-order valence-electron chi connectivity index (χ3n) is 4.92. The molecule has 2 atom stereocenters. The zero-order chi connectivity index (χ0) is 16.4. The van der Waals surface area contributed by atoms with Gasteiger partial charge in [0.15, 0.2) is 0 Å². The maximum absolute atomic E-state index is 12.9. The van der Waals surface area contributed by atoms with Crippen molar-refractivity contribution in [1.29, 1.82) is 0 Å². The molecule has 2 aromatic rings. The van der Waals surface area contributed by atoms with E-state index in [1.807, 2.05) is 24.3 Å². The summed E-state index contributed by atoms with van der Waals surface area (Å²) in [5.41, 5.74) is 2.94. The summed E-state index contributed by atoms with van der Waals surface area (Å²) in [5, 5.41) is 0. The van der Waals surface area contributed by atoms with Crippen LogP contribution in [0.15, 0.2) is 54.6 Å². The molecule has 0 aliphatic carbocycles. The standard InChI is InChI=1S/C21H24O2/c1-15(2)13-21(17-10-5-4-6-11-17)19(14-23-20(21)22)18-12-8-7-9-16(18)3/h4-12,15,19H,13-14H2,1-3H3. The SMILES string of the molecule is Cc1ccccc1C1COC(=O)C1(CC(C)C)c1ccccc1. The highest BCUT2D eigenvalue weighted by Crippen LogP contribution is 2.49. The summed E-state index contributed by atoms with van der Waals surface area (Å²) in [4.78, 5) is 12.9. The summed E-state index contributed by atoms with van der Waals surface area (Å²) in [6, 6.07) is 18.5. The zero-order valence-electron chi connectivity index (χ0n) is 14.1. The minimum absolute atomic E-state index is 0.0704. The summed E-state index contributed by atoms with van der Waals surface area (Å²) in [6.07, 6.45) is 0.800. The van der Waals surface area contributed by atoms with E-state index in [0.29, 0.717) is 12.5 Å². The van der Waals surface area contributed by atoms with Crippen LogP contribution in [0, 0.1) is 12.8 Å². The molecule has 0 aromatic heterocycles. The van der Waals surface area contributed by atoms with Gasteiger partial charge in [-0.15, -0.1) is 0 Å². The second-order valence-electron chi connectivity index (χ2n) is 6.94. The fraction of sp³-hybridized carbons (Fsp3) is 0.381. The van der Waals surface area contributed by atoms with E-state index in [0.717, 1.165) is 12.0 Å². The van der Waals surface area contributed by atoms with Gasteiger partial charge in [0.1, 0.15) is 5.41 Å². The Morgan fingerprint density at radius 3 is 2.39 bits per heavy atom. The van der Waals surface area contributed by atoms with Gasteiger partial charge in [0.25, 0.3) is 0 Å². The summed E-state index contributed by atoms with van der Waals surface area (Å²) in [5.74, 6) is 0.402. The minimum Gasteiger partial charge on any atom is -0.464 e. The summed E-state index contributed by atoms with van der Waals surface area (Å²) < 4.78 is 5.61. The third kappa shape index (κ3) is 2.67. The Morgan fingerprint density at radius 2 is 1.74 bits per heavy atom. The van der Waals surface area contributed by atoms with Gasteiger partial charge in [-0.05, 0) is 36.0 Å². The fourth-order valence-corrected chi connectivity index (χ4v) is 3.95. The van der Waals surface area contributed by atoms with Gasteiger partial charge in [-0.3, -0.25) is 4.79 Å². The molecule has 0 bridgehead atoms. The molecule has 2 nitrogen and oxygen atoms in total. The van der Waals surface area contributed by atoms with Gasteiger partial charge in [-0.2, -0.15) is 0 Å². The van der Waals surface area contributed by atoms with Crippen LogP contribution < -0.4 is 0 Å². The summed E-state index contributed by atoms with van der Waals surface area (Å²) in [7, 11) is 0. The van der Waals surface area contributed by atoms with Crippen LogP contribution >= 0.6 is 0 Å². The zero-order valence-corrected chi connectivity index (χ0v) is 14.1. The molecule has 0 spiro atoms. The van der Waals surface area contributed by atoms with Crippen LogP contribution in [0.1, 0.15) is 42.9 Å². The predicted molar refractivity (Wildman–Crippen MR) is 92.5 cm³/mol. The first-order valence-corrected chi connectivity index (χ1v) is 8.34. The van der Waals surface area contributed by atoms with Crippen LogP contribution in [-0.2, 0) is 14.9 Å². The van der Waals surface area contributed by atoms with Crippen molar-refractivity contribution in [2.45, 2.75) is 38.5 Å². The molecule has 1 saturated heterocycles. The molecule has 1 heterocycles.